The van der Waals surface area contributed by atoms with Gasteiger partial charge in [-0.25, -0.2) is 12.1 Å². The predicted molar refractivity (Wildman–Crippen MR) is 297 cm³/mol. The van der Waals surface area contributed by atoms with Gasteiger partial charge in [0.2, 0.25) is 0 Å². The van der Waals surface area contributed by atoms with Crippen molar-refractivity contribution >= 4 is 56.0 Å². The predicted octanol–water partition coefficient (Wildman–Crippen LogP) is 17.9. The van der Waals surface area contributed by atoms with E-state index in [4.69, 9.17) is 0 Å². The fourth-order valence-corrected chi connectivity index (χ4v) is 7.08. The third kappa shape index (κ3) is 21.5. The van der Waals surface area contributed by atoms with Gasteiger partial charge in [-0.15, -0.1) is 66.3 Å². The van der Waals surface area contributed by atoms with Crippen LogP contribution in [0.3, 0.4) is 0 Å². The zero-order valence-corrected chi connectivity index (χ0v) is 51.6. The Morgan fingerprint density at radius 2 is 0.879 bits per heavy atom. The van der Waals surface area contributed by atoms with E-state index in [9.17, 15) is 0 Å². The van der Waals surface area contributed by atoms with Crippen LogP contribution >= 0.6 is 49.6 Å². The van der Waals surface area contributed by atoms with Crippen molar-refractivity contribution < 1.29 is 48.5 Å². The smallest absolute Gasteiger partial charge is 0.0253 e. The molecule has 0 saturated carbocycles. The second kappa shape index (κ2) is 28.8. The van der Waals surface area contributed by atoms with Crippen LogP contribution in [0.1, 0.15) is 166 Å². The summed E-state index contributed by atoms with van der Waals surface area (Å²) in [6.07, 6.45) is 2.07. The number of aryl methyl sites for hydroxylation is 2. The first-order valence-corrected chi connectivity index (χ1v) is 24.8. The van der Waals surface area contributed by atoms with Gasteiger partial charge in [0.1, 0.15) is 0 Å². The van der Waals surface area contributed by atoms with Crippen molar-refractivity contribution in [2.45, 2.75) is 159 Å². The number of benzene rings is 4. The maximum atomic E-state index is 3.67. The summed E-state index contributed by atoms with van der Waals surface area (Å²) in [5.41, 5.74) is 20.4. The zero-order valence-electron chi connectivity index (χ0n) is 43.4. The first-order chi connectivity index (χ1) is 28.6. The molecule has 2 aliphatic rings. The molecule has 0 nitrogen and oxygen atoms in total. The number of fused-ring (bicyclic) bond motifs is 6. The quantitative estimate of drug-likeness (QED) is 0.133. The van der Waals surface area contributed by atoms with Crippen molar-refractivity contribution in [2.75, 3.05) is 0 Å². The van der Waals surface area contributed by atoms with Gasteiger partial charge in [-0.05, 0) is 34.8 Å². The van der Waals surface area contributed by atoms with Crippen LogP contribution in [0.4, 0.5) is 0 Å². The van der Waals surface area contributed by atoms with Crippen molar-refractivity contribution in [2.24, 2.45) is 0 Å². The van der Waals surface area contributed by atoms with Crippen molar-refractivity contribution in [3.8, 4) is 22.3 Å². The minimum absolute atomic E-state index is 0. The molecule has 2 aliphatic carbocycles. The molecule has 0 fully saturated rings. The molecule has 0 bridgehead atoms. The molecular weight excluding hydrogens is 1040 g/mol. The standard InChI is InChI=1S/C21H25.C13H9.2C10H15.2C3H6.4ClH.2Zr/c1-20(2,3)16-7-9-18-14(12-16)11-15-13-17(21(4,5)6)8-10-19(15)18;1-3-7-12-10(5-1)9-11-6-2-4-8-13(11)12;2*1-8-5-6-9(7-8)10(2,3)4;2*1-3-2;;;;;;/h7-10,12H,11H2,1-6H3;1-5,7-8H,9H2;2*5-7H,1-4H3;2*1-2H3;4*1H;;/q4*-1;;;;;;;2*+2. The Hall–Kier alpha value is -1.75. The van der Waals surface area contributed by atoms with E-state index in [1.165, 1.54) is 84.3 Å². The molecule has 0 aliphatic heterocycles. The topological polar surface area (TPSA) is 0 Å². The summed E-state index contributed by atoms with van der Waals surface area (Å²) < 4.78 is 3.01. The van der Waals surface area contributed by atoms with Gasteiger partial charge in [0.05, 0.1) is 0 Å². The molecule has 8 rings (SSSR count). The maximum Gasteiger partial charge on any atom is -0.0253 e. The van der Waals surface area contributed by atoms with Crippen molar-refractivity contribution in [3.05, 3.63) is 177 Å². The average molecular weight is 1130 g/mol. The Balaban J connectivity index is 0. The molecule has 0 radical (unpaired) electrons. The molecule has 0 saturated heterocycles. The Labute approximate surface area is 458 Å². The van der Waals surface area contributed by atoms with E-state index in [-0.39, 0.29) is 60.5 Å². The van der Waals surface area contributed by atoms with Crippen molar-refractivity contribution in [1.82, 2.24) is 0 Å². The summed E-state index contributed by atoms with van der Waals surface area (Å²) >= 11 is 3.11. The van der Waals surface area contributed by atoms with Gasteiger partial charge in [-0.2, -0.15) is 100 Å². The summed E-state index contributed by atoms with van der Waals surface area (Å²) in [6.45, 7) is 39.8. The molecule has 6 aromatic carbocycles. The van der Waals surface area contributed by atoms with Crippen LogP contribution in [-0.4, -0.2) is 6.41 Å². The van der Waals surface area contributed by atoms with Crippen LogP contribution in [0.5, 0.6) is 0 Å². The van der Waals surface area contributed by atoms with E-state index in [0.29, 0.717) is 10.8 Å². The van der Waals surface area contributed by atoms with Crippen LogP contribution in [0, 0.1) is 26.0 Å². The zero-order chi connectivity index (χ0) is 46.8. The largest absolute Gasteiger partial charge is 0.207 e. The van der Waals surface area contributed by atoms with Crippen LogP contribution in [-0.2, 0) is 83.0 Å². The molecule has 0 spiro atoms. The molecule has 6 heteroatoms. The van der Waals surface area contributed by atoms with Crippen LogP contribution in [0.2, 0.25) is 0 Å². The number of hydrogen-bond acceptors (Lipinski definition) is 0. The molecule has 0 N–H and O–H groups in total. The summed E-state index contributed by atoms with van der Waals surface area (Å²) in [6, 6.07) is 46.5. The molecule has 0 aromatic heterocycles. The monoisotopic (exact) mass is 1120 g/mol. The van der Waals surface area contributed by atoms with E-state index >= 15 is 0 Å². The SMILES string of the molecule is CC(C)(C)c1[c-]c2c(cc1)-c1ccc(C(C)(C)C)cc1C2.C[C](C)=[Zr+2].C[C](C)=[Zr+2].Cc1cc(C(C)(C)C)c[cH-]1.Cc1cc(C(C)(C)C)c[cH-]1.Cl.Cl.Cl.Cl.[c-]1cccc2c1Cc1ccccc1-2. The van der Waals surface area contributed by atoms with E-state index < -0.39 is 0 Å². The third-order valence-electron chi connectivity index (χ3n) is 10.6. The molecule has 0 atom stereocenters. The van der Waals surface area contributed by atoms with Gasteiger partial charge in [-0.1, -0.05) is 167 Å². The molecule has 0 heterocycles. The molecule has 66 heavy (non-hydrogen) atoms. The number of rotatable bonds is 0. The van der Waals surface area contributed by atoms with Gasteiger partial charge in [0, 0.05) is 0 Å². The first-order valence-electron chi connectivity index (χ1n) is 22.4. The number of hydrogen-bond donors (Lipinski definition) is 0. The molecule has 6 aromatic rings. The minimum Gasteiger partial charge on any atom is -0.207 e. The molecule has 0 amide bonds. The van der Waals surface area contributed by atoms with Gasteiger partial charge in [0.25, 0.3) is 0 Å². The van der Waals surface area contributed by atoms with Gasteiger partial charge in [0.15, 0.2) is 0 Å². The second-order valence-electron chi connectivity index (χ2n) is 21.6. The molecule has 0 unspecified atom stereocenters. The minimum atomic E-state index is 0. The van der Waals surface area contributed by atoms with E-state index in [1.807, 2.05) is 6.07 Å². The van der Waals surface area contributed by atoms with Crippen LogP contribution in [0.25, 0.3) is 22.3 Å². The third-order valence-corrected chi connectivity index (χ3v) is 10.6. The summed E-state index contributed by atoms with van der Waals surface area (Å²) in [5, 5.41) is 0. The fourth-order valence-electron chi connectivity index (χ4n) is 7.08. The molecule has 356 valence electrons. The van der Waals surface area contributed by atoms with Crippen molar-refractivity contribution in [3.63, 3.8) is 0 Å². The normalized spacial score (nSPS) is 11.4. The van der Waals surface area contributed by atoms with Crippen LogP contribution in [0.15, 0.2) is 109 Å². The Morgan fingerprint density at radius 1 is 0.470 bits per heavy atom. The molecular formula is C60H80Cl4Zr2. The van der Waals surface area contributed by atoms with E-state index in [2.05, 4.69) is 240 Å². The second-order valence-corrected chi connectivity index (χ2v) is 26.5. The van der Waals surface area contributed by atoms with E-state index in [0.717, 1.165) is 12.8 Å². The first kappa shape index (κ1) is 66.3. The van der Waals surface area contributed by atoms with Gasteiger partial charge < -0.3 is 0 Å². The van der Waals surface area contributed by atoms with Crippen LogP contribution < -0.4 is 0 Å². The number of halogens is 4. The Morgan fingerprint density at radius 3 is 1.30 bits per heavy atom. The average Bonchev–Trinajstić information content (AvgIpc) is 3.95. The van der Waals surface area contributed by atoms with Gasteiger partial charge in [-0.3, -0.25) is 0 Å². The maximum absolute atomic E-state index is 3.67. The summed E-state index contributed by atoms with van der Waals surface area (Å²) in [5.74, 6) is 0. The fraction of sp³-hybridized carbons (Fsp3) is 0.400. The summed E-state index contributed by atoms with van der Waals surface area (Å²) in [4.78, 5) is 0. The van der Waals surface area contributed by atoms with E-state index in [1.54, 1.807) is 48.5 Å². The van der Waals surface area contributed by atoms with Gasteiger partial charge >= 0.3 is 82.6 Å². The Bertz CT molecular complexity index is 2220. The Kier molecular flexibility index (Phi) is 28.9. The van der Waals surface area contributed by atoms with Crippen molar-refractivity contribution in [1.29, 1.82) is 0 Å². The summed E-state index contributed by atoms with van der Waals surface area (Å²) in [7, 11) is 0.